The molecule has 1 atom stereocenters. The summed E-state index contributed by atoms with van der Waals surface area (Å²) in [7, 11) is 1.65. The Morgan fingerprint density at radius 2 is 1.60 bits per heavy atom. The Labute approximate surface area is 208 Å². The average molecular weight is 484 g/mol. The van der Waals surface area contributed by atoms with E-state index < -0.39 is 0 Å². The van der Waals surface area contributed by atoms with E-state index in [1.54, 1.807) is 7.11 Å². The Balaban J connectivity index is 1.48. The Morgan fingerprint density at radius 1 is 0.829 bits per heavy atom. The van der Waals surface area contributed by atoms with Crippen LogP contribution in [0.3, 0.4) is 0 Å². The highest BCUT2D eigenvalue weighted by atomic mass is 32.2. The molecule has 8 heteroatoms. The normalized spacial score (nSPS) is 12.0. The molecule has 0 aliphatic heterocycles. The third-order valence-corrected chi connectivity index (χ3v) is 6.64. The van der Waals surface area contributed by atoms with Gasteiger partial charge in [-0.2, -0.15) is 0 Å². The van der Waals surface area contributed by atoms with Gasteiger partial charge in [0, 0.05) is 16.8 Å². The highest BCUT2D eigenvalue weighted by Gasteiger charge is 2.22. The van der Waals surface area contributed by atoms with Gasteiger partial charge in [0.15, 0.2) is 11.0 Å². The zero-order valence-corrected chi connectivity index (χ0v) is 20.8. The van der Waals surface area contributed by atoms with Crippen molar-refractivity contribution < 1.29 is 9.15 Å². The predicted octanol–water partition coefficient (Wildman–Crippen LogP) is 6.46. The molecule has 0 bridgehead atoms. The molecule has 3 aromatic carbocycles. The predicted molar refractivity (Wildman–Crippen MR) is 137 cm³/mol. The minimum absolute atomic E-state index is 0.127. The van der Waals surface area contributed by atoms with Crippen LogP contribution in [0.5, 0.6) is 5.75 Å². The lowest BCUT2D eigenvalue weighted by molar-refractivity contribution is 0.415. The van der Waals surface area contributed by atoms with Gasteiger partial charge >= 0.3 is 0 Å². The van der Waals surface area contributed by atoms with Crippen molar-refractivity contribution in [3.8, 4) is 34.3 Å². The third kappa shape index (κ3) is 4.83. The maximum Gasteiger partial charge on any atom is 0.247 e. The maximum absolute atomic E-state index is 6.02. The van der Waals surface area contributed by atoms with Gasteiger partial charge in [0.05, 0.1) is 12.4 Å². The van der Waals surface area contributed by atoms with Gasteiger partial charge in [0.2, 0.25) is 11.8 Å². The lowest BCUT2D eigenvalue weighted by atomic mass is 10.1. The van der Waals surface area contributed by atoms with Gasteiger partial charge in [-0.15, -0.1) is 20.4 Å². The van der Waals surface area contributed by atoms with Crippen LogP contribution in [0.4, 0.5) is 0 Å². The molecule has 0 radical (unpaired) electrons. The number of nitrogens with zero attached hydrogens (tertiary/aromatic N) is 5. The minimum atomic E-state index is -0.127. The van der Waals surface area contributed by atoms with E-state index in [4.69, 9.17) is 9.15 Å². The smallest absolute Gasteiger partial charge is 0.247 e. The first-order chi connectivity index (χ1) is 17.0. The van der Waals surface area contributed by atoms with E-state index in [1.165, 1.54) is 17.3 Å². The second-order valence-corrected chi connectivity index (χ2v) is 9.59. The maximum atomic E-state index is 6.02. The Morgan fingerprint density at radius 3 is 2.31 bits per heavy atom. The van der Waals surface area contributed by atoms with Gasteiger partial charge in [-0.25, -0.2) is 0 Å². The molecule has 0 aliphatic carbocycles. The lowest BCUT2D eigenvalue weighted by Gasteiger charge is -2.12. The molecule has 0 spiro atoms. The van der Waals surface area contributed by atoms with Crippen LogP contribution in [-0.2, 0) is 0 Å². The Kier molecular flexibility index (Phi) is 6.37. The zero-order valence-electron chi connectivity index (χ0n) is 20.0. The summed E-state index contributed by atoms with van der Waals surface area (Å²) < 4.78 is 13.4. The highest BCUT2D eigenvalue weighted by molar-refractivity contribution is 7.99. The number of aryl methyl sites for hydroxylation is 2. The lowest BCUT2D eigenvalue weighted by Crippen LogP contribution is -2.01. The minimum Gasteiger partial charge on any atom is -0.497 e. The molecule has 176 valence electrons. The molecule has 0 aliphatic rings. The van der Waals surface area contributed by atoms with Crippen LogP contribution >= 0.6 is 11.8 Å². The van der Waals surface area contributed by atoms with Crippen LogP contribution in [0.2, 0.25) is 0 Å². The number of hydrogen-bond donors (Lipinski definition) is 0. The van der Waals surface area contributed by atoms with Gasteiger partial charge in [-0.05, 0) is 69.3 Å². The van der Waals surface area contributed by atoms with Crippen molar-refractivity contribution in [3.63, 3.8) is 0 Å². The van der Waals surface area contributed by atoms with Gasteiger partial charge in [-0.3, -0.25) is 4.57 Å². The van der Waals surface area contributed by atoms with Crippen molar-refractivity contribution in [1.29, 1.82) is 0 Å². The zero-order chi connectivity index (χ0) is 24.4. The van der Waals surface area contributed by atoms with E-state index in [1.807, 2.05) is 62.4 Å². The first-order valence-corrected chi connectivity index (χ1v) is 12.1. The Hall–Kier alpha value is -3.91. The fraction of sp³-hybridized carbons (Fsp3) is 0.185. The van der Waals surface area contributed by atoms with Gasteiger partial charge < -0.3 is 9.15 Å². The van der Waals surface area contributed by atoms with Crippen molar-refractivity contribution in [2.24, 2.45) is 0 Å². The van der Waals surface area contributed by atoms with E-state index in [9.17, 15) is 0 Å². The average Bonchev–Trinajstić information content (AvgIpc) is 3.53. The molecule has 35 heavy (non-hydrogen) atoms. The molecule has 0 saturated heterocycles. The summed E-state index contributed by atoms with van der Waals surface area (Å²) in [5.74, 6) is 2.59. The van der Waals surface area contributed by atoms with Crippen molar-refractivity contribution >= 4 is 11.8 Å². The van der Waals surface area contributed by atoms with Crippen LogP contribution in [-0.4, -0.2) is 32.1 Å². The standard InChI is InChI=1S/C27H25N5O2S/c1-17-8-12-22(13-9-17)32-24(20-10-14-23(33-4)15-11-20)28-31-27(32)35-19(3)25-29-30-26(34-25)21-7-5-6-18(2)16-21/h5-16,19H,1-4H3. The molecule has 2 aromatic heterocycles. The van der Waals surface area contributed by atoms with Crippen molar-refractivity contribution in [3.05, 3.63) is 89.8 Å². The van der Waals surface area contributed by atoms with E-state index in [0.29, 0.717) is 11.8 Å². The second kappa shape index (κ2) is 9.76. The van der Waals surface area contributed by atoms with Crippen LogP contribution < -0.4 is 4.74 Å². The number of aromatic nitrogens is 5. The number of methoxy groups -OCH3 is 1. The molecule has 5 aromatic rings. The fourth-order valence-corrected chi connectivity index (χ4v) is 4.60. The molecular formula is C27H25N5O2S. The van der Waals surface area contributed by atoms with Gasteiger partial charge in [0.1, 0.15) is 5.75 Å². The topological polar surface area (TPSA) is 78.9 Å². The van der Waals surface area contributed by atoms with Crippen LogP contribution in [0.15, 0.2) is 82.4 Å². The summed E-state index contributed by atoms with van der Waals surface area (Å²) in [5.41, 5.74) is 5.16. The first-order valence-electron chi connectivity index (χ1n) is 11.3. The van der Waals surface area contributed by atoms with Crippen molar-refractivity contribution in [2.75, 3.05) is 7.11 Å². The summed E-state index contributed by atoms with van der Waals surface area (Å²) >= 11 is 1.53. The van der Waals surface area contributed by atoms with Crippen LogP contribution in [0.25, 0.3) is 28.5 Å². The molecular weight excluding hydrogens is 458 g/mol. The van der Waals surface area contributed by atoms with Crippen LogP contribution in [0, 0.1) is 13.8 Å². The third-order valence-electron chi connectivity index (χ3n) is 5.61. The summed E-state index contributed by atoms with van der Waals surface area (Å²) in [6.45, 7) is 6.14. The van der Waals surface area contributed by atoms with Crippen LogP contribution in [0.1, 0.15) is 29.2 Å². The summed E-state index contributed by atoms with van der Waals surface area (Å²) in [5, 5.41) is 18.2. The number of ether oxygens (including phenoxy) is 1. The van der Waals surface area contributed by atoms with E-state index in [0.717, 1.165) is 39.1 Å². The summed E-state index contributed by atoms with van der Waals surface area (Å²) in [6.07, 6.45) is 0. The van der Waals surface area contributed by atoms with E-state index >= 15 is 0 Å². The van der Waals surface area contributed by atoms with Gasteiger partial charge in [0.25, 0.3) is 0 Å². The van der Waals surface area contributed by atoms with Crippen molar-refractivity contribution in [2.45, 2.75) is 31.2 Å². The highest BCUT2D eigenvalue weighted by Crippen LogP contribution is 2.37. The molecule has 0 amide bonds. The second-order valence-electron chi connectivity index (χ2n) is 8.28. The molecule has 0 fully saturated rings. The number of thioether (sulfide) groups is 1. The molecule has 7 nitrogen and oxygen atoms in total. The summed E-state index contributed by atoms with van der Waals surface area (Å²) in [6, 6.07) is 24.1. The summed E-state index contributed by atoms with van der Waals surface area (Å²) in [4.78, 5) is 0. The van der Waals surface area contributed by atoms with Crippen molar-refractivity contribution in [1.82, 2.24) is 25.0 Å². The monoisotopic (exact) mass is 483 g/mol. The molecule has 5 rings (SSSR count). The van der Waals surface area contributed by atoms with Gasteiger partial charge in [-0.1, -0.05) is 47.2 Å². The van der Waals surface area contributed by atoms with E-state index in [2.05, 4.69) is 56.2 Å². The molecule has 0 N–H and O–H groups in total. The quantitative estimate of drug-likeness (QED) is 0.246. The number of hydrogen-bond acceptors (Lipinski definition) is 7. The number of rotatable bonds is 7. The largest absolute Gasteiger partial charge is 0.497 e. The molecule has 1 unspecified atom stereocenters. The fourth-order valence-electron chi connectivity index (χ4n) is 3.70. The SMILES string of the molecule is COc1ccc(-c2nnc(SC(C)c3nnc(-c4cccc(C)c4)o3)n2-c2ccc(C)cc2)cc1. The first kappa shape index (κ1) is 22.9. The van der Waals surface area contributed by atoms with E-state index in [-0.39, 0.29) is 5.25 Å². The molecule has 2 heterocycles. The number of benzene rings is 3. The molecule has 0 saturated carbocycles. The Bertz CT molecular complexity index is 1440.